The zero-order valence-corrected chi connectivity index (χ0v) is 12.6. The van der Waals surface area contributed by atoms with Gasteiger partial charge in [0.05, 0.1) is 0 Å². The molecule has 0 saturated heterocycles. The fourth-order valence-electron chi connectivity index (χ4n) is 2.32. The van der Waals surface area contributed by atoms with Crippen molar-refractivity contribution in [1.29, 1.82) is 0 Å². The van der Waals surface area contributed by atoms with Gasteiger partial charge < -0.3 is 0 Å². The van der Waals surface area contributed by atoms with Crippen LogP contribution in [0.25, 0.3) is 0 Å². The van der Waals surface area contributed by atoms with Crippen molar-refractivity contribution in [2.24, 2.45) is 0 Å². The first-order valence-corrected chi connectivity index (χ1v) is 6.94. The molecule has 2 aromatic rings. The Morgan fingerprint density at radius 3 is 2.37 bits per heavy atom. The Morgan fingerprint density at radius 1 is 1.11 bits per heavy atom. The van der Waals surface area contributed by atoms with Crippen LogP contribution in [0.1, 0.15) is 48.0 Å². The molecule has 0 saturated carbocycles. The molecule has 100 valence electrons. The minimum absolute atomic E-state index is 0.347. The molecule has 0 atom stereocenters. The molecule has 3 heteroatoms. The Kier molecular flexibility index (Phi) is 4.20. The summed E-state index contributed by atoms with van der Waals surface area (Å²) < 4.78 is 0. The van der Waals surface area contributed by atoms with Crippen molar-refractivity contribution >= 4 is 11.6 Å². The normalized spacial score (nSPS) is 11.1. The highest BCUT2D eigenvalue weighted by Crippen LogP contribution is 2.25. The van der Waals surface area contributed by atoms with E-state index in [4.69, 9.17) is 11.6 Å². The van der Waals surface area contributed by atoms with Crippen LogP contribution < -0.4 is 0 Å². The van der Waals surface area contributed by atoms with Crippen molar-refractivity contribution in [2.45, 2.75) is 40.0 Å². The Hall–Kier alpha value is -1.41. The molecule has 19 heavy (non-hydrogen) atoms. The third-order valence-electron chi connectivity index (χ3n) is 3.32. The first-order chi connectivity index (χ1) is 8.99. The topological polar surface area (TPSA) is 25.8 Å². The van der Waals surface area contributed by atoms with E-state index in [1.165, 1.54) is 11.1 Å². The fourth-order valence-corrected chi connectivity index (χ4v) is 2.77. The maximum absolute atomic E-state index is 6.28. The van der Waals surface area contributed by atoms with Gasteiger partial charge in [-0.05, 0) is 30.9 Å². The summed E-state index contributed by atoms with van der Waals surface area (Å²) in [7, 11) is 0. The van der Waals surface area contributed by atoms with Gasteiger partial charge in [0.2, 0.25) is 0 Å². The van der Waals surface area contributed by atoms with E-state index >= 15 is 0 Å². The third-order valence-corrected chi connectivity index (χ3v) is 3.61. The predicted molar refractivity (Wildman–Crippen MR) is 79.9 cm³/mol. The maximum atomic E-state index is 6.28. The van der Waals surface area contributed by atoms with Crippen LogP contribution in [0, 0.1) is 13.8 Å². The summed E-state index contributed by atoms with van der Waals surface area (Å²) in [5.74, 6) is 1.14. The molecule has 0 amide bonds. The molecule has 0 unspecified atom stereocenters. The summed E-state index contributed by atoms with van der Waals surface area (Å²) in [6.07, 6.45) is 0.728. The van der Waals surface area contributed by atoms with Crippen molar-refractivity contribution in [3.63, 3.8) is 0 Å². The van der Waals surface area contributed by atoms with E-state index in [0.717, 1.165) is 23.5 Å². The molecule has 1 heterocycles. The van der Waals surface area contributed by atoms with Crippen LogP contribution in [0.2, 0.25) is 5.15 Å². The molecular weight excluding hydrogens is 256 g/mol. The summed E-state index contributed by atoms with van der Waals surface area (Å²) in [5, 5.41) is 0.589. The lowest BCUT2D eigenvalue weighted by molar-refractivity contribution is 0.810. The standard InChI is InChI=1S/C16H19ClN2/c1-10(2)15-12(4)18-14(19-16(15)17)9-13-8-6-5-7-11(13)3/h5-8,10H,9H2,1-4H3. The van der Waals surface area contributed by atoms with E-state index in [1.807, 2.05) is 19.1 Å². The van der Waals surface area contributed by atoms with Gasteiger partial charge in [0.15, 0.2) is 0 Å². The van der Waals surface area contributed by atoms with Crippen molar-refractivity contribution in [3.05, 3.63) is 57.6 Å². The highest BCUT2D eigenvalue weighted by Gasteiger charge is 2.13. The summed E-state index contributed by atoms with van der Waals surface area (Å²) in [6, 6.07) is 8.30. The second-order valence-electron chi connectivity index (χ2n) is 5.19. The van der Waals surface area contributed by atoms with Crippen molar-refractivity contribution in [3.8, 4) is 0 Å². The van der Waals surface area contributed by atoms with E-state index < -0.39 is 0 Å². The third kappa shape index (κ3) is 3.13. The zero-order chi connectivity index (χ0) is 14.0. The van der Waals surface area contributed by atoms with E-state index in [9.17, 15) is 0 Å². The molecule has 0 spiro atoms. The minimum atomic E-state index is 0.347. The number of benzene rings is 1. The summed E-state index contributed by atoms with van der Waals surface area (Å²) in [6.45, 7) is 8.33. The van der Waals surface area contributed by atoms with Gasteiger partial charge in [0.1, 0.15) is 11.0 Å². The minimum Gasteiger partial charge on any atom is -0.237 e. The van der Waals surface area contributed by atoms with Gasteiger partial charge >= 0.3 is 0 Å². The van der Waals surface area contributed by atoms with E-state index in [0.29, 0.717) is 11.1 Å². The van der Waals surface area contributed by atoms with E-state index in [2.05, 4.69) is 42.9 Å². The number of halogens is 1. The molecule has 1 aromatic heterocycles. The van der Waals surface area contributed by atoms with Crippen LogP contribution in [-0.4, -0.2) is 9.97 Å². The monoisotopic (exact) mass is 274 g/mol. The Balaban J connectivity index is 2.35. The molecule has 0 bridgehead atoms. The Morgan fingerprint density at radius 2 is 1.79 bits per heavy atom. The fraction of sp³-hybridized carbons (Fsp3) is 0.375. The molecule has 0 aliphatic carbocycles. The lowest BCUT2D eigenvalue weighted by atomic mass is 10.0. The van der Waals surface area contributed by atoms with Gasteiger partial charge in [-0.3, -0.25) is 0 Å². The maximum Gasteiger partial charge on any atom is 0.136 e. The van der Waals surface area contributed by atoms with Crippen LogP contribution in [0.3, 0.4) is 0 Å². The van der Waals surface area contributed by atoms with Crippen LogP contribution in [0.15, 0.2) is 24.3 Å². The molecular formula is C16H19ClN2. The van der Waals surface area contributed by atoms with Gasteiger partial charge in [-0.2, -0.15) is 0 Å². The number of aryl methyl sites for hydroxylation is 2. The van der Waals surface area contributed by atoms with Crippen LogP contribution >= 0.6 is 11.6 Å². The van der Waals surface area contributed by atoms with Crippen molar-refractivity contribution in [1.82, 2.24) is 9.97 Å². The first kappa shape index (κ1) is 14.0. The quantitative estimate of drug-likeness (QED) is 0.772. The van der Waals surface area contributed by atoms with Crippen LogP contribution in [0.5, 0.6) is 0 Å². The zero-order valence-electron chi connectivity index (χ0n) is 11.9. The number of rotatable bonds is 3. The van der Waals surface area contributed by atoms with Gasteiger partial charge in [-0.15, -0.1) is 0 Å². The Bertz CT molecular complexity index is 568. The average Bonchev–Trinajstić information content (AvgIpc) is 2.30. The lowest BCUT2D eigenvalue weighted by Gasteiger charge is -2.12. The highest BCUT2D eigenvalue weighted by molar-refractivity contribution is 6.30. The summed E-state index contributed by atoms with van der Waals surface area (Å²) in [5.41, 5.74) is 4.54. The number of nitrogens with zero attached hydrogens (tertiary/aromatic N) is 2. The second kappa shape index (κ2) is 5.70. The van der Waals surface area contributed by atoms with E-state index in [1.54, 1.807) is 0 Å². The number of hydrogen-bond donors (Lipinski definition) is 0. The van der Waals surface area contributed by atoms with Gasteiger partial charge in [-0.1, -0.05) is 49.7 Å². The highest BCUT2D eigenvalue weighted by atomic mass is 35.5. The van der Waals surface area contributed by atoms with Crippen molar-refractivity contribution in [2.75, 3.05) is 0 Å². The van der Waals surface area contributed by atoms with Crippen molar-refractivity contribution < 1.29 is 0 Å². The lowest BCUT2D eigenvalue weighted by Crippen LogP contribution is -2.05. The summed E-state index contributed by atoms with van der Waals surface area (Å²) >= 11 is 6.28. The SMILES string of the molecule is Cc1ccccc1Cc1nc(C)c(C(C)C)c(Cl)n1. The second-order valence-corrected chi connectivity index (χ2v) is 5.55. The van der Waals surface area contributed by atoms with Crippen LogP contribution in [0.4, 0.5) is 0 Å². The summed E-state index contributed by atoms with van der Waals surface area (Å²) in [4.78, 5) is 9.04. The molecule has 0 aliphatic rings. The smallest absolute Gasteiger partial charge is 0.136 e. The van der Waals surface area contributed by atoms with E-state index in [-0.39, 0.29) is 0 Å². The predicted octanol–water partition coefficient (Wildman–Crippen LogP) is 4.46. The molecule has 0 fully saturated rings. The van der Waals surface area contributed by atoms with Gasteiger partial charge in [0, 0.05) is 17.7 Å². The number of aromatic nitrogens is 2. The molecule has 0 radical (unpaired) electrons. The van der Waals surface area contributed by atoms with Crippen LogP contribution in [-0.2, 0) is 6.42 Å². The van der Waals surface area contributed by atoms with Gasteiger partial charge in [0.25, 0.3) is 0 Å². The van der Waals surface area contributed by atoms with Gasteiger partial charge in [-0.25, -0.2) is 9.97 Å². The largest absolute Gasteiger partial charge is 0.237 e. The Labute approximate surface area is 119 Å². The molecule has 0 N–H and O–H groups in total. The molecule has 2 rings (SSSR count). The first-order valence-electron chi connectivity index (χ1n) is 6.56. The molecule has 1 aromatic carbocycles. The molecule has 0 aliphatic heterocycles. The molecule has 2 nitrogen and oxygen atoms in total. The average molecular weight is 275 g/mol. The number of hydrogen-bond acceptors (Lipinski definition) is 2.